The van der Waals surface area contributed by atoms with Crippen molar-refractivity contribution in [1.82, 2.24) is 0 Å². The molecule has 0 aromatic rings. The van der Waals surface area contributed by atoms with Gasteiger partial charge in [0.25, 0.3) is 0 Å². The van der Waals surface area contributed by atoms with Crippen LogP contribution >= 0.6 is 11.8 Å². The summed E-state index contributed by atoms with van der Waals surface area (Å²) in [5.74, 6) is 0.978. The van der Waals surface area contributed by atoms with Gasteiger partial charge in [-0.3, -0.25) is 4.79 Å². The van der Waals surface area contributed by atoms with Crippen molar-refractivity contribution >= 4 is 16.9 Å². The van der Waals surface area contributed by atoms with Crippen molar-refractivity contribution in [2.24, 2.45) is 0 Å². The van der Waals surface area contributed by atoms with Crippen LogP contribution in [0.5, 0.6) is 0 Å². The Morgan fingerprint density at radius 3 is 1.71 bits per heavy atom. The van der Waals surface area contributed by atoms with Crippen molar-refractivity contribution in [2.45, 2.75) is 58.3 Å². The minimum Gasteiger partial charge on any atom is -0.394 e. The summed E-state index contributed by atoms with van der Waals surface area (Å²) in [6.45, 7) is 5.20. The Balaban J connectivity index is 2.97. The number of hydrogen-bond donors (Lipinski definition) is 1. The molecule has 0 aliphatic carbocycles. The molecule has 0 heterocycles. The second-order valence-corrected chi connectivity index (χ2v) is 7.00. The van der Waals surface area contributed by atoms with Crippen LogP contribution in [0.2, 0.25) is 0 Å². The average molecular weight is 365 g/mol. The van der Waals surface area contributed by atoms with Crippen LogP contribution in [0.25, 0.3) is 0 Å². The lowest BCUT2D eigenvalue weighted by molar-refractivity contribution is -0.109. The van der Waals surface area contributed by atoms with Gasteiger partial charge in [0.1, 0.15) is 0 Å². The molecule has 0 aliphatic rings. The van der Waals surface area contributed by atoms with Crippen LogP contribution < -0.4 is 0 Å². The van der Waals surface area contributed by atoms with Crippen LogP contribution in [-0.4, -0.2) is 62.2 Å². The molecule has 0 atom stereocenters. The van der Waals surface area contributed by atoms with Gasteiger partial charge in [-0.2, -0.15) is 0 Å². The number of carbonyl (C=O) groups is 1. The Bertz CT molecular complexity index is 264. The molecule has 0 unspecified atom stereocenters. The van der Waals surface area contributed by atoms with Crippen molar-refractivity contribution < 1.29 is 24.1 Å². The molecule has 0 aromatic heterocycles. The number of hydrogen-bond acceptors (Lipinski definition) is 6. The Morgan fingerprint density at radius 1 is 0.708 bits per heavy atom. The second-order valence-electron chi connectivity index (χ2n) is 5.73. The molecule has 0 rings (SSSR count). The molecule has 1 N–H and O–H groups in total. The summed E-state index contributed by atoms with van der Waals surface area (Å²) in [5, 5.41) is 8.75. The summed E-state index contributed by atoms with van der Waals surface area (Å²) in [6, 6.07) is 0. The first-order chi connectivity index (χ1) is 11.8. The summed E-state index contributed by atoms with van der Waals surface area (Å²) >= 11 is 1.44. The first-order valence-corrected chi connectivity index (χ1v) is 10.2. The molecule has 6 heteroatoms. The molecule has 0 radical (unpaired) electrons. The molecule has 0 aliphatic heterocycles. The molecule has 0 amide bonds. The maximum Gasteiger partial charge on any atom is 0.185 e. The van der Waals surface area contributed by atoms with Crippen molar-refractivity contribution in [3.05, 3.63) is 0 Å². The highest BCUT2D eigenvalue weighted by atomic mass is 32.2. The topological polar surface area (TPSA) is 65.0 Å². The molecule has 0 spiro atoms. The fraction of sp³-hybridized carbons (Fsp3) is 0.944. The lowest BCUT2D eigenvalue weighted by Crippen LogP contribution is -2.11. The van der Waals surface area contributed by atoms with E-state index in [4.69, 9.17) is 19.3 Å². The van der Waals surface area contributed by atoms with Gasteiger partial charge in [-0.05, 0) is 12.8 Å². The molecule has 144 valence electrons. The number of rotatable bonds is 19. The van der Waals surface area contributed by atoms with Crippen LogP contribution in [0.1, 0.15) is 58.3 Å². The van der Waals surface area contributed by atoms with Crippen molar-refractivity contribution in [1.29, 1.82) is 0 Å². The zero-order valence-electron chi connectivity index (χ0n) is 15.3. The summed E-state index contributed by atoms with van der Waals surface area (Å²) in [5.41, 5.74) is 0. The van der Waals surface area contributed by atoms with Gasteiger partial charge < -0.3 is 19.3 Å². The lowest BCUT2D eigenvalue weighted by Gasteiger charge is -2.06. The standard InChI is InChI=1S/C18H36O5S/c1-18(20)24-17-9-7-5-3-2-4-6-8-11-21-13-15-23-16-14-22-12-10-19/h19H,2-17H2,1H3. The maximum absolute atomic E-state index is 10.8. The normalized spacial score (nSPS) is 11.1. The van der Waals surface area contributed by atoms with E-state index in [1.54, 1.807) is 6.92 Å². The molecule has 0 bridgehead atoms. The monoisotopic (exact) mass is 364 g/mol. The number of thioether (sulfide) groups is 1. The number of ether oxygens (including phenoxy) is 3. The highest BCUT2D eigenvalue weighted by molar-refractivity contribution is 8.13. The number of carbonyl (C=O) groups excluding carboxylic acids is 1. The van der Waals surface area contributed by atoms with Crippen LogP contribution in [0, 0.1) is 0 Å². The molecular weight excluding hydrogens is 328 g/mol. The zero-order chi connectivity index (χ0) is 17.7. The smallest absolute Gasteiger partial charge is 0.185 e. The maximum atomic E-state index is 10.8. The first-order valence-electron chi connectivity index (χ1n) is 9.25. The van der Waals surface area contributed by atoms with Crippen LogP contribution in [0.3, 0.4) is 0 Å². The highest BCUT2D eigenvalue weighted by Gasteiger charge is 1.96. The van der Waals surface area contributed by atoms with E-state index in [2.05, 4.69) is 0 Å². The van der Waals surface area contributed by atoms with Crippen molar-refractivity contribution in [3.8, 4) is 0 Å². The molecular formula is C18H36O5S. The average Bonchev–Trinajstić information content (AvgIpc) is 2.56. The largest absolute Gasteiger partial charge is 0.394 e. The molecule has 0 saturated heterocycles. The van der Waals surface area contributed by atoms with Gasteiger partial charge in [0.2, 0.25) is 0 Å². The number of unbranched alkanes of at least 4 members (excludes halogenated alkanes) is 7. The van der Waals surface area contributed by atoms with E-state index >= 15 is 0 Å². The second kappa shape index (κ2) is 20.9. The summed E-state index contributed by atoms with van der Waals surface area (Å²) in [7, 11) is 0. The van der Waals surface area contributed by atoms with Gasteiger partial charge in [-0.15, -0.1) is 0 Å². The molecule has 0 fully saturated rings. The minimum atomic E-state index is 0.0589. The fourth-order valence-corrected chi connectivity index (χ4v) is 2.83. The predicted octanol–water partition coefficient (Wildman–Crippen LogP) is 3.43. The van der Waals surface area contributed by atoms with Gasteiger partial charge in [0, 0.05) is 19.3 Å². The number of aliphatic hydroxyl groups excluding tert-OH is 1. The third-order valence-electron chi connectivity index (χ3n) is 3.47. The van der Waals surface area contributed by atoms with E-state index in [9.17, 15) is 4.79 Å². The van der Waals surface area contributed by atoms with Gasteiger partial charge >= 0.3 is 0 Å². The van der Waals surface area contributed by atoms with E-state index in [0.29, 0.717) is 33.0 Å². The van der Waals surface area contributed by atoms with Gasteiger partial charge in [-0.1, -0.05) is 50.3 Å². The van der Waals surface area contributed by atoms with E-state index in [-0.39, 0.29) is 11.7 Å². The minimum absolute atomic E-state index is 0.0589. The van der Waals surface area contributed by atoms with Gasteiger partial charge in [-0.25, -0.2) is 0 Å². The third kappa shape index (κ3) is 21.9. The molecule has 5 nitrogen and oxygen atoms in total. The Morgan fingerprint density at radius 2 is 1.17 bits per heavy atom. The summed E-state index contributed by atoms with van der Waals surface area (Å²) in [6.07, 6.45) is 9.93. The first kappa shape index (κ1) is 23.9. The van der Waals surface area contributed by atoms with Gasteiger partial charge in [0.05, 0.1) is 39.6 Å². The van der Waals surface area contributed by atoms with E-state index in [0.717, 1.165) is 25.2 Å². The summed E-state index contributed by atoms with van der Waals surface area (Å²) < 4.78 is 15.9. The van der Waals surface area contributed by atoms with Crippen LogP contribution in [0.15, 0.2) is 0 Å². The third-order valence-corrected chi connectivity index (χ3v) is 4.37. The fourth-order valence-electron chi connectivity index (χ4n) is 2.19. The molecule has 0 saturated carbocycles. The Labute approximate surface area is 151 Å². The Kier molecular flexibility index (Phi) is 20.8. The zero-order valence-corrected chi connectivity index (χ0v) is 16.1. The van der Waals surface area contributed by atoms with E-state index < -0.39 is 0 Å². The molecule has 0 aromatic carbocycles. The summed E-state index contributed by atoms with van der Waals surface area (Å²) in [4.78, 5) is 10.8. The van der Waals surface area contributed by atoms with Gasteiger partial charge in [0.15, 0.2) is 5.12 Å². The van der Waals surface area contributed by atoms with Crippen LogP contribution in [0.4, 0.5) is 0 Å². The lowest BCUT2D eigenvalue weighted by atomic mass is 10.1. The quantitative estimate of drug-likeness (QED) is 0.354. The Hall–Kier alpha value is -0.140. The number of aliphatic hydroxyl groups is 1. The van der Waals surface area contributed by atoms with E-state index in [1.807, 2.05) is 0 Å². The van der Waals surface area contributed by atoms with Crippen molar-refractivity contribution in [3.63, 3.8) is 0 Å². The highest BCUT2D eigenvalue weighted by Crippen LogP contribution is 2.11. The van der Waals surface area contributed by atoms with Crippen molar-refractivity contribution in [2.75, 3.05) is 52.0 Å². The molecule has 24 heavy (non-hydrogen) atoms. The van der Waals surface area contributed by atoms with Crippen LogP contribution in [-0.2, 0) is 19.0 Å². The predicted molar refractivity (Wildman–Crippen MR) is 99.6 cm³/mol. The SMILES string of the molecule is CC(=O)SCCCCCCCCCCOCCOCCOCCO. The van der Waals surface area contributed by atoms with E-state index in [1.165, 1.54) is 50.3 Å².